The van der Waals surface area contributed by atoms with Crippen molar-refractivity contribution in [2.24, 2.45) is 0 Å². The van der Waals surface area contributed by atoms with Crippen molar-refractivity contribution in [2.45, 2.75) is 13.8 Å². The third-order valence-electron chi connectivity index (χ3n) is 5.27. The minimum absolute atomic E-state index is 0.208. The maximum absolute atomic E-state index is 13.3. The second-order valence-corrected chi connectivity index (χ2v) is 8.02. The summed E-state index contributed by atoms with van der Waals surface area (Å²) in [4.78, 5) is 43.7. The number of imidazole rings is 1. The van der Waals surface area contributed by atoms with E-state index in [9.17, 15) is 19.5 Å². The summed E-state index contributed by atoms with van der Waals surface area (Å²) < 4.78 is 1.78. The second kappa shape index (κ2) is 5.99. The van der Waals surface area contributed by atoms with Crippen molar-refractivity contribution in [3.05, 3.63) is 68.0 Å². The SMILES string of the molecule is Cc1cc2nc3sc(=C4C(=O)N(CC(=O)[O-])c5ccccc54)c(=O)n3c2cc1C. The molecule has 3 heterocycles. The Balaban J connectivity index is 1.86. The number of aryl methyl sites for hydroxylation is 2. The van der Waals surface area contributed by atoms with Gasteiger partial charge in [-0.25, -0.2) is 9.38 Å². The predicted molar refractivity (Wildman–Crippen MR) is 108 cm³/mol. The lowest BCUT2D eigenvalue weighted by atomic mass is 10.1. The Morgan fingerprint density at radius 2 is 1.86 bits per heavy atom. The van der Waals surface area contributed by atoms with E-state index in [1.807, 2.05) is 26.0 Å². The minimum atomic E-state index is -1.37. The van der Waals surface area contributed by atoms with Gasteiger partial charge >= 0.3 is 0 Å². The van der Waals surface area contributed by atoms with Crippen LogP contribution >= 0.6 is 11.3 Å². The molecule has 0 radical (unpaired) electrons. The van der Waals surface area contributed by atoms with Gasteiger partial charge in [0.1, 0.15) is 4.53 Å². The zero-order chi connectivity index (χ0) is 20.4. The largest absolute Gasteiger partial charge is 0.548 e. The third-order valence-corrected chi connectivity index (χ3v) is 6.31. The smallest absolute Gasteiger partial charge is 0.275 e. The van der Waals surface area contributed by atoms with Crippen LogP contribution in [0.25, 0.3) is 21.6 Å². The van der Waals surface area contributed by atoms with Gasteiger partial charge in [-0.1, -0.05) is 29.5 Å². The molecule has 29 heavy (non-hydrogen) atoms. The summed E-state index contributed by atoms with van der Waals surface area (Å²) in [6, 6.07) is 10.7. The van der Waals surface area contributed by atoms with E-state index in [1.54, 1.807) is 24.3 Å². The Kier molecular flexibility index (Phi) is 3.63. The number of nitrogens with zero attached hydrogens (tertiary/aromatic N) is 3. The molecule has 0 N–H and O–H groups in total. The zero-order valence-corrected chi connectivity index (χ0v) is 16.4. The topological polar surface area (TPSA) is 94.8 Å². The summed E-state index contributed by atoms with van der Waals surface area (Å²) in [6.07, 6.45) is 0. The fraction of sp³-hybridized carbons (Fsp3) is 0.143. The van der Waals surface area contributed by atoms with Gasteiger partial charge in [0.05, 0.1) is 34.8 Å². The first-order valence-corrected chi connectivity index (χ1v) is 9.76. The highest BCUT2D eigenvalue weighted by Crippen LogP contribution is 2.35. The van der Waals surface area contributed by atoms with Gasteiger partial charge in [-0.3, -0.25) is 9.59 Å². The summed E-state index contributed by atoms with van der Waals surface area (Å²) in [5, 5.41) is 11.1. The summed E-state index contributed by atoms with van der Waals surface area (Å²) in [7, 11) is 0. The van der Waals surface area contributed by atoms with Crippen LogP contribution in [-0.2, 0) is 9.59 Å². The van der Waals surface area contributed by atoms with Crippen LogP contribution in [0.2, 0.25) is 0 Å². The first-order chi connectivity index (χ1) is 13.9. The van der Waals surface area contributed by atoms with Gasteiger partial charge in [-0.2, -0.15) is 0 Å². The molecule has 0 saturated carbocycles. The molecule has 4 aromatic rings. The number of hydrogen-bond acceptors (Lipinski definition) is 6. The lowest BCUT2D eigenvalue weighted by molar-refractivity contribution is -0.303. The van der Waals surface area contributed by atoms with Gasteiger partial charge in [-0.05, 0) is 43.2 Å². The minimum Gasteiger partial charge on any atom is -0.548 e. The number of carboxylic acids is 1. The van der Waals surface area contributed by atoms with Gasteiger partial charge in [0.15, 0.2) is 4.96 Å². The fourth-order valence-electron chi connectivity index (χ4n) is 3.76. The monoisotopic (exact) mass is 404 g/mol. The molecule has 0 saturated heterocycles. The number of hydrogen-bond donors (Lipinski definition) is 0. The predicted octanol–water partition coefficient (Wildman–Crippen LogP) is 0.540. The zero-order valence-electron chi connectivity index (χ0n) is 15.6. The highest BCUT2D eigenvalue weighted by atomic mass is 32.1. The molecule has 2 aromatic carbocycles. The van der Waals surface area contributed by atoms with E-state index < -0.39 is 18.4 Å². The molecule has 144 valence electrons. The Hall–Kier alpha value is -3.52. The van der Waals surface area contributed by atoms with E-state index in [0.717, 1.165) is 32.9 Å². The number of amides is 1. The van der Waals surface area contributed by atoms with Gasteiger partial charge in [0, 0.05) is 5.56 Å². The molecule has 0 atom stereocenters. The summed E-state index contributed by atoms with van der Waals surface area (Å²) >= 11 is 1.14. The van der Waals surface area contributed by atoms with Gasteiger partial charge < -0.3 is 14.8 Å². The maximum Gasteiger partial charge on any atom is 0.275 e. The van der Waals surface area contributed by atoms with Crippen LogP contribution in [0.4, 0.5) is 5.69 Å². The summed E-state index contributed by atoms with van der Waals surface area (Å²) in [5.41, 5.74) is 4.43. The van der Waals surface area contributed by atoms with Crippen molar-refractivity contribution < 1.29 is 14.7 Å². The number of carboxylic acid groups (broad SMARTS) is 1. The van der Waals surface area contributed by atoms with Crippen molar-refractivity contribution in [1.82, 2.24) is 9.38 Å². The number of para-hydroxylation sites is 1. The standard InChI is InChI=1S/C21H15N3O4S/c1-10-7-13-15(8-11(10)2)24-20(28)18(29-21(24)22-13)17-12-5-3-4-6-14(12)23(19(17)27)9-16(25)26/h3-8H,9H2,1-2H3,(H,25,26)/p-1. The summed E-state index contributed by atoms with van der Waals surface area (Å²) in [5.74, 6) is -1.89. The van der Waals surface area contributed by atoms with E-state index in [4.69, 9.17) is 0 Å². The average Bonchev–Trinajstić information content (AvgIpc) is 3.26. The van der Waals surface area contributed by atoms with Gasteiger partial charge in [-0.15, -0.1) is 0 Å². The Labute approximate surface area is 168 Å². The first-order valence-electron chi connectivity index (χ1n) is 8.94. The van der Waals surface area contributed by atoms with Gasteiger partial charge in [0.2, 0.25) is 0 Å². The van der Waals surface area contributed by atoms with E-state index in [-0.39, 0.29) is 15.7 Å². The number of aliphatic carboxylic acids is 1. The Morgan fingerprint density at radius 1 is 1.14 bits per heavy atom. The van der Waals surface area contributed by atoms with Crippen LogP contribution in [-0.4, -0.2) is 27.8 Å². The highest BCUT2D eigenvalue weighted by Gasteiger charge is 2.34. The van der Waals surface area contributed by atoms with Crippen molar-refractivity contribution in [2.75, 3.05) is 11.4 Å². The molecular formula is C21H14N3O4S-. The number of carbonyl (C=O) groups excluding carboxylic acids is 2. The number of rotatable bonds is 2. The van der Waals surface area contributed by atoms with Gasteiger partial charge in [0.25, 0.3) is 11.5 Å². The number of carbonyl (C=O) groups is 2. The van der Waals surface area contributed by atoms with Crippen molar-refractivity contribution in [3.8, 4) is 0 Å². The molecule has 0 aliphatic carbocycles. The fourth-order valence-corrected chi connectivity index (χ4v) is 4.83. The second-order valence-electron chi connectivity index (χ2n) is 7.05. The highest BCUT2D eigenvalue weighted by molar-refractivity contribution is 7.15. The molecule has 2 aromatic heterocycles. The van der Waals surface area contributed by atoms with Crippen LogP contribution < -0.4 is 20.1 Å². The number of anilines is 1. The molecule has 1 amide bonds. The van der Waals surface area contributed by atoms with Crippen LogP contribution in [0, 0.1) is 13.8 Å². The van der Waals surface area contributed by atoms with E-state index >= 15 is 0 Å². The van der Waals surface area contributed by atoms with Crippen molar-refractivity contribution in [1.29, 1.82) is 0 Å². The van der Waals surface area contributed by atoms with E-state index in [1.165, 1.54) is 4.40 Å². The maximum atomic E-state index is 13.3. The number of fused-ring (bicyclic) bond motifs is 4. The molecular weight excluding hydrogens is 390 g/mol. The quantitative estimate of drug-likeness (QED) is 0.486. The number of thiazole rings is 1. The Bertz CT molecular complexity index is 1480. The first kappa shape index (κ1) is 17.6. The number of benzene rings is 2. The van der Waals surface area contributed by atoms with Crippen LogP contribution in [0.15, 0.2) is 41.2 Å². The van der Waals surface area contributed by atoms with Crippen LogP contribution in [0.1, 0.15) is 16.7 Å². The molecule has 0 fully saturated rings. The van der Waals surface area contributed by atoms with Crippen molar-refractivity contribution in [3.63, 3.8) is 0 Å². The molecule has 8 heteroatoms. The molecule has 1 aliphatic heterocycles. The normalized spacial score (nSPS) is 15.5. The molecule has 0 spiro atoms. The lowest BCUT2D eigenvalue weighted by Crippen LogP contribution is -2.40. The van der Waals surface area contributed by atoms with Crippen LogP contribution in [0.3, 0.4) is 0 Å². The van der Waals surface area contributed by atoms with Crippen LogP contribution in [0.5, 0.6) is 0 Å². The van der Waals surface area contributed by atoms with Crippen molar-refractivity contribution >= 4 is 50.5 Å². The lowest BCUT2D eigenvalue weighted by Gasteiger charge is -2.17. The molecule has 0 unspecified atom stereocenters. The Morgan fingerprint density at radius 3 is 2.62 bits per heavy atom. The third kappa shape index (κ3) is 2.42. The number of aromatic nitrogens is 2. The molecule has 5 rings (SSSR count). The van der Waals surface area contributed by atoms with E-state index in [2.05, 4.69) is 4.98 Å². The molecule has 7 nitrogen and oxygen atoms in total. The molecule has 0 bridgehead atoms. The molecule has 1 aliphatic rings. The van der Waals surface area contributed by atoms with E-state index in [0.29, 0.717) is 21.7 Å². The summed E-state index contributed by atoms with van der Waals surface area (Å²) in [6.45, 7) is 3.38. The average molecular weight is 404 g/mol.